The molecule has 3 rings (SSSR count). The first-order chi connectivity index (χ1) is 11.0. The van der Waals surface area contributed by atoms with Gasteiger partial charge in [-0.2, -0.15) is 0 Å². The molecule has 1 aliphatic heterocycles. The van der Waals surface area contributed by atoms with Gasteiger partial charge in [0.2, 0.25) is 10.0 Å². The average Bonchev–Trinajstić information content (AvgIpc) is 3.02. The fourth-order valence-corrected chi connectivity index (χ4v) is 3.70. The van der Waals surface area contributed by atoms with E-state index in [0.717, 1.165) is 11.0 Å². The molecule has 0 atom stereocenters. The van der Waals surface area contributed by atoms with Gasteiger partial charge in [-0.15, -0.1) is 0 Å². The third-order valence-electron chi connectivity index (χ3n) is 4.18. The van der Waals surface area contributed by atoms with Crippen molar-refractivity contribution in [3.8, 4) is 0 Å². The van der Waals surface area contributed by atoms with Gasteiger partial charge in [-0.1, -0.05) is 0 Å². The number of likely N-dealkylation sites (tertiary alicyclic amines) is 1. The number of fused-ring (bicyclic) bond motifs is 1. The standard InChI is InChI=1S/C15H20N4O3S/c1-2-23(21,22)18-12-5-7-19(8-6-12)15(20)11-3-4-13-14(9-11)17-10-16-13/h3-4,9-10,12,18H,2,5-8H2,1H3,(H,16,17). The fourth-order valence-electron chi connectivity index (χ4n) is 2.79. The number of piperidine rings is 1. The Labute approximate surface area is 135 Å². The van der Waals surface area contributed by atoms with Crippen LogP contribution in [0.15, 0.2) is 24.5 Å². The van der Waals surface area contributed by atoms with Gasteiger partial charge in [-0.25, -0.2) is 18.1 Å². The predicted octanol–water partition coefficient (Wildman–Crippen LogP) is 1.11. The Kier molecular flexibility index (Phi) is 4.36. The normalized spacial score (nSPS) is 16.8. The topological polar surface area (TPSA) is 95.2 Å². The predicted molar refractivity (Wildman–Crippen MR) is 87.6 cm³/mol. The number of carbonyl (C=O) groups is 1. The van der Waals surface area contributed by atoms with Gasteiger partial charge in [0.25, 0.3) is 5.91 Å². The zero-order valence-corrected chi connectivity index (χ0v) is 13.8. The zero-order valence-electron chi connectivity index (χ0n) is 12.9. The van der Waals surface area contributed by atoms with Crippen LogP contribution in [0.5, 0.6) is 0 Å². The molecule has 7 nitrogen and oxygen atoms in total. The van der Waals surface area contributed by atoms with Crippen molar-refractivity contribution in [2.45, 2.75) is 25.8 Å². The van der Waals surface area contributed by atoms with Gasteiger partial charge in [-0.3, -0.25) is 4.79 Å². The van der Waals surface area contributed by atoms with Crippen LogP contribution in [0.4, 0.5) is 0 Å². The molecule has 23 heavy (non-hydrogen) atoms. The number of sulfonamides is 1. The molecular formula is C15H20N4O3S. The van der Waals surface area contributed by atoms with Crippen molar-refractivity contribution in [3.63, 3.8) is 0 Å². The van der Waals surface area contributed by atoms with E-state index in [2.05, 4.69) is 14.7 Å². The van der Waals surface area contributed by atoms with E-state index in [9.17, 15) is 13.2 Å². The number of aromatic nitrogens is 2. The van der Waals surface area contributed by atoms with Crippen LogP contribution in [0.3, 0.4) is 0 Å². The number of aromatic amines is 1. The molecule has 0 bridgehead atoms. The minimum atomic E-state index is -3.19. The number of H-pyrrole nitrogens is 1. The fraction of sp³-hybridized carbons (Fsp3) is 0.467. The molecule has 1 saturated heterocycles. The summed E-state index contributed by atoms with van der Waals surface area (Å²) in [6.07, 6.45) is 2.87. The molecule has 1 amide bonds. The molecule has 2 N–H and O–H groups in total. The summed E-state index contributed by atoms with van der Waals surface area (Å²) in [5, 5.41) is 0. The quantitative estimate of drug-likeness (QED) is 0.874. The number of carbonyl (C=O) groups excluding carboxylic acids is 1. The molecule has 2 heterocycles. The Morgan fingerprint density at radius 2 is 2.13 bits per heavy atom. The smallest absolute Gasteiger partial charge is 0.253 e. The number of amides is 1. The number of nitrogens with one attached hydrogen (secondary N) is 2. The Hall–Kier alpha value is -1.93. The number of imidazole rings is 1. The second-order valence-corrected chi connectivity index (χ2v) is 7.76. The first kappa shape index (κ1) is 15.9. The number of benzene rings is 1. The lowest BCUT2D eigenvalue weighted by Crippen LogP contribution is -2.46. The van der Waals surface area contributed by atoms with Gasteiger partial charge in [0.05, 0.1) is 23.1 Å². The van der Waals surface area contributed by atoms with E-state index in [4.69, 9.17) is 0 Å². The first-order valence-corrected chi connectivity index (χ1v) is 9.36. The number of rotatable bonds is 4. The molecule has 124 valence electrons. The highest BCUT2D eigenvalue weighted by Gasteiger charge is 2.26. The van der Waals surface area contributed by atoms with E-state index in [1.165, 1.54) is 0 Å². The Morgan fingerprint density at radius 3 is 2.83 bits per heavy atom. The molecule has 0 radical (unpaired) electrons. The molecule has 0 saturated carbocycles. The van der Waals surface area contributed by atoms with Gasteiger partial charge in [-0.05, 0) is 38.0 Å². The number of nitrogens with zero attached hydrogens (tertiary/aromatic N) is 2. The van der Waals surface area contributed by atoms with Crippen LogP contribution in [0.1, 0.15) is 30.1 Å². The van der Waals surface area contributed by atoms with Crippen LogP contribution in [0, 0.1) is 0 Å². The third kappa shape index (κ3) is 3.53. The minimum Gasteiger partial charge on any atom is -0.345 e. The summed E-state index contributed by atoms with van der Waals surface area (Å²) in [5.74, 6) is 0.0504. The maximum Gasteiger partial charge on any atom is 0.253 e. The summed E-state index contributed by atoms with van der Waals surface area (Å²) in [4.78, 5) is 21.5. The van der Waals surface area contributed by atoms with Gasteiger partial charge in [0.1, 0.15) is 0 Å². The van der Waals surface area contributed by atoms with Crippen molar-refractivity contribution >= 4 is 27.0 Å². The highest BCUT2D eigenvalue weighted by atomic mass is 32.2. The van der Waals surface area contributed by atoms with E-state index in [1.807, 2.05) is 6.07 Å². The third-order valence-corrected chi connectivity index (χ3v) is 5.63. The van der Waals surface area contributed by atoms with Gasteiger partial charge >= 0.3 is 0 Å². The number of hydrogen-bond donors (Lipinski definition) is 2. The van der Waals surface area contributed by atoms with Gasteiger partial charge < -0.3 is 9.88 Å². The van der Waals surface area contributed by atoms with Crippen molar-refractivity contribution in [1.82, 2.24) is 19.6 Å². The van der Waals surface area contributed by atoms with Crippen LogP contribution >= 0.6 is 0 Å². The van der Waals surface area contributed by atoms with Crippen LogP contribution in [-0.4, -0.2) is 54.1 Å². The largest absolute Gasteiger partial charge is 0.345 e. The van der Waals surface area contributed by atoms with Crippen LogP contribution < -0.4 is 4.72 Å². The van der Waals surface area contributed by atoms with Crippen LogP contribution in [0.2, 0.25) is 0 Å². The van der Waals surface area contributed by atoms with Crippen LogP contribution in [-0.2, 0) is 10.0 Å². The minimum absolute atomic E-state index is 0.0294. The molecule has 1 aliphatic rings. The average molecular weight is 336 g/mol. The van der Waals surface area contributed by atoms with Crippen molar-refractivity contribution < 1.29 is 13.2 Å². The van der Waals surface area contributed by atoms with Crippen LogP contribution in [0.25, 0.3) is 11.0 Å². The summed E-state index contributed by atoms with van der Waals surface area (Å²) in [7, 11) is -3.19. The summed E-state index contributed by atoms with van der Waals surface area (Å²) < 4.78 is 25.9. The monoisotopic (exact) mass is 336 g/mol. The van der Waals surface area contributed by atoms with Crippen molar-refractivity contribution in [2.24, 2.45) is 0 Å². The molecule has 2 aromatic rings. The Balaban J connectivity index is 1.64. The van der Waals surface area contributed by atoms with Crippen molar-refractivity contribution in [1.29, 1.82) is 0 Å². The molecule has 1 aromatic heterocycles. The summed E-state index contributed by atoms with van der Waals surface area (Å²) >= 11 is 0. The second kappa shape index (κ2) is 6.29. The molecule has 1 fully saturated rings. The second-order valence-electron chi connectivity index (χ2n) is 5.72. The summed E-state index contributed by atoms with van der Waals surface area (Å²) in [6.45, 7) is 2.72. The van der Waals surface area contributed by atoms with Gasteiger partial charge in [0.15, 0.2) is 0 Å². The molecule has 8 heteroatoms. The SMILES string of the molecule is CCS(=O)(=O)NC1CCN(C(=O)c2ccc3nc[nH]c3c2)CC1. The lowest BCUT2D eigenvalue weighted by molar-refractivity contribution is 0.0711. The molecule has 1 aromatic carbocycles. The molecular weight excluding hydrogens is 316 g/mol. The van der Waals surface area contributed by atoms with Gasteiger partial charge in [0, 0.05) is 24.7 Å². The Bertz CT molecular complexity index is 807. The van der Waals surface area contributed by atoms with E-state index >= 15 is 0 Å². The first-order valence-electron chi connectivity index (χ1n) is 7.71. The number of hydrogen-bond acceptors (Lipinski definition) is 4. The zero-order chi connectivity index (χ0) is 16.4. The molecule has 0 spiro atoms. The lowest BCUT2D eigenvalue weighted by Gasteiger charge is -2.32. The molecule has 0 unspecified atom stereocenters. The van der Waals surface area contributed by atoms with E-state index in [-0.39, 0.29) is 17.7 Å². The maximum atomic E-state index is 12.6. The van der Waals surface area contributed by atoms with E-state index in [1.54, 1.807) is 30.3 Å². The van der Waals surface area contributed by atoms with Crippen molar-refractivity contribution in [2.75, 3.05) is 18.8 Å². The lowest BCUT2D eigenvalue weighted by atomic mass is 10.0. The van der Waals surface area contributed by atoms with E-state index in [0.29, 0.717) is 31.5 Å². The highest BCUT2D eigenvalue weighted by molar-refractivity contribution is 7.89. The van der Waals surface area contributed by atoms with Crippen molar-refractivity contribution in [3.05, 3.63) is 30.1 Å². The summed E-state index contributed by atoms with van der Waals surface area (Å²) in [5.41, 5.74) is 2.28. The highest BCUT2D eigenvalue weighted by Crippen LogP contribution is 2.17. The Morgan fingerprint density at radius 1 is 1.39 bits per heavy atom. The summed E-state index contributed by atoms with van der Waals surface area (Å²) in [6, 6.07) is 5.31. The molecule has 0 aliphatic carbocycles. The maximum absolute atomic E-state index is 12.6. The van der Waals surface area contributed by atoms with E-state index < -0.39 is 10.0 Å².